The van der Waals surface area contributed by atoms with Gasteiger partial charge in [-0.2, -0.15) is 0 Å². The Bertz CT molecular complexity index is 6530. The van der Waals surface area contributed by atoms with Gasteiger partial charge in [-0.3, -0.25) is 0 Å². The summed E-state index contributed by atoms with van der Waals surface area (Å²) in [6.45, 7) is 2.03. The van der Waals surface area contributed by atoms with Gasteiger partial charge in [-0.05, 0) is 237 Å². The van der Waals surface area contributed by atoms with Gasteiger partial charge in [-0.25, -0.2) is 0 Å². The minimum Gasteiger partial charge on any atom is -0.305 e. The van der Waals surface area contributed by atoms with Crippen molar-refractivity contribution in [2.45, 2.75) is 89.9 Å². The Balaban J connectivity index is 0.000000143. The minimum atomic E-state index is 0. The number of aryl methyl sites for hydroxylation is 5. The third-order valence-corrected chi connectivity index (χ3v) is 23.4. The average Bonchev–Trinajstić information content (AvgIpc) is 1.48. The van der Waals surface area contributed by atoms with E-state index in [1.165, 1.54) is 155 Å². The number of hydrogen-bond donors (Lipinski definition) is 0. The maximum absolute atomic E-state index is 4.49. The molecule has 4 radical (unpaired) electrons. The van der Waals surface area contributed by atoms with E-state index >= 15 is 0 Å². The fourth-order valence-corrected chi connectivity index (χ4v) is 16.3. The summed E-state index contributed by atoms with van der Waals surface area (Å²) >= 11 is 0. The summed E-state index contributed by atoms with van der Waals surface area (Å²) in [5, 5.41) is 0. The molecule has 0 saturated heterocycles. The quantitative estimate of drug-likeness (QED) is 0.105. The Morgan fingerprint density at radius 1 is 0.196 bits per heavy atom. The van der Waals surface area contributed by atoms with Crippen molar-refractivity contribution in [2.24, 2.45) is 0 Å². The standard InChI is InChI=1S/C23H22N.C21H18N.C20H16N.C17H12N.C12H10N.3C11H8N.4Ir/c1-3-7-18(8-4-1)19-11-13-20(14-12-19)22-15-16-24-23(17-22)21-9-5-2-6-10-21;1-2-7-17(8-3-1)21-15-20(12-13-22-21)19-11-10-16-6-4-5-9-18(16)14-19;1-2-5-16(6-3-1)20-14-19(11-12-21-20)18-10-9-15-7-4-8-17(15)13-18;1-3-7-14(8-4-1)16-11-12-18-17(13-16)15-9-5-2-6-10-15;1-10-7-8-12(13-9-10)11-5-3-2-4-6-11;3*1-2-6-10(7-3-1)11-8-4-5-9-12-11;;;;/h2,5-6,9,11-18H,1,3-4,7-8H2;1-3,7,10-15H,4-6,9H2;1-3,5,9-14H,4,7-8H2;1-9,11-13H;2-5,7-9H,1H3;3*1-6,8-9H;;;;/q8*-1;;;;. The molecule has 0 atom stereocenters. The van der Waals surface area contributed by atoms with Gasteiger partial charge in [0.05, 0.1) is 0 Å². The first-order valence-corrected chi connectivity index (χ1v) is 46.1. The number of fused-ring (bicyclic) bond motifs is 2. The molecule has 138 heavy (non-hydrogen) atoms. The molecule has 690 valence electrons. The maximum atomic E-state index is 4.49. The molecule has 0 N–H and O–H groups in total. The minimum absolute atomic E-state index is 0. The molecule has 3 aliphatic carbocycles. The van der Waals surface area contributed by atoms with Crippen LogP contribution in [0.25, 0.3) is 135 Å². The van der Waals surface area contributed by atoms with Gasteiger partial charge in [-0.1, -0.05) is 183 Å². The van der Waals surface area contributed by atoms with E-state index in [-0.39, 0.29) is 80.4 Å². The molecular weight excluding hydrogens is 2390 g/mol. The first kappa shape index (κ1) is 103. The number of hydrogen-bond acceptors (Lipinski definition) is 8. The number of pyridine rings is 8. The van der Waals surface area contributed by atoms with Crippen molar-refractivity contribution in [1.82, 2.24) is 39.9 Å². The first-order valence-electron chi connectivity index (χ1n) is 46.1. The van der Waals surface area contributed by atoms with Crippen LogP contribution in [-0.2, 0) is 106 Å². The molecule has 0 aliphatic heterocycles. The summed E-state index contributed by atoms with van der Waals surface area (Å²) in [4.78, 5) is 34.8. The van der Waals surface area contributed by atoms with Crippen LogP contribution >= 0.6 is 0 Å². The van der Waals surface area contributed by atoms with Crippen LogP contribution in [0.2, 0.25) is 0 Å². The van der Waals surface area contributed by atoms with Crippen LogP contribution in [0.4, 0.5) is 0 Å². The summed E-state index contributed by atoms with van der Waals surface area (Å²) < 4.78 is 0. The van der Waals surface area contributed by atoms with Crippen LogP contribution in [0.3, 0.4) is 0 Å². The fraction of sp³-hybridized carbons (Fsp3) is 0.111. The normalized spacial score (nSPS) is 11.6. The van der Waals surface area contributed by atoms with Crippen LogP contribution in [0.1, 0.15) is 90.7 Å². The van der Waals surface area contributed by atoms with Crippen LogP contribution in [0.5, 0.6) is 0 Å². The van der Waals surface area contributed by atoms with E-state index in [4.69, 9.17) is 0 Å². The van der Waals surface area contributed by atoms with Crippen molar-refractivity contribution in [3.8, 4) is 135 Å². The van der Waals surface area contributed by atoms with Gasteiger partial charge in [0, 0.05) is 130 Å². The van der Waals surface area contributed by atoms with Crippen LogP contribution in [0, 0.1) is 55.5 Å². The molecule has 20 aromatic rings. The predicted molar refractivity (Wildman–Crippen MR) is 549 cm³/mol. The molecule has 23 rings (SSSR count). The maximum Gasteiger partial charge on any atom is 0.0190 e. The Hall–Kier alpha value is -13.6. The second-order valence-electron chi connectivity index (χ2n) is 32.6. The zero-order valence-corrected chi connectivity index (χ0v) is 86.3. The molecule has 0 unspecified atom stereocenters. The SMILES string of the molecule is Cc1ccc(-c2[c-]cccc2)nc1.[Ir].[Ir].[Ir].[Ir].[c-]1ccccc1-c1cc(-c2ccc(C3CCCCC3)cc2)ccn1.[c-]1ccccc1-c1cc(-c2ccc3c(c2)CCC3)ccn1.[c-]1ccccc1-c1cc(-c2ccc3c(c2)CCCC3)ccn1.[c-]1ccccc1-c1cc(-c2ccccc2)ccn1.[c-]1ccccc1-c1ccccn1.[c-]1ccccc1-c1ccccn1.[c-]1ccccc1-c1ccccn1. The van der Waals surface area contributed by atoms with Crippen molar-refractivity contribution in [1.29, 1.82) is 0 Å². The van der Waals surface area contributed by atoms with Gasteiger partial charge in [0.15, 0.2) is 0 Å². The molecule has 0 amide bonds. The van der Waals surface area contributed by atoms with Gasteiger partial charge in [-0.15, -0.1) is 287 Å². The smallest absolute Gasteiger partial charge is 0.0190 e. The number of aromatic nitrogens is 8. The van der Waals surface area contributed by atoms with E-state index in [0.717, 1.165) is 96.0 Å². The molecule has 1 fully saturated rings. The van der Waals surface area contributed by atoms with Gasteiger partial charge >= 0.3 is 0 Å². The van der Waals surface area contributed by atoms with E-state index in [9.17, 15) is 0 Å². The van der Waals surface area contributed by atoms with Gasteiger partial charge in [0.2, 0.25) is 0 Å². The van der Waals surface area contributed by atoms with E-state index in [0.29, 0.717) is 0 Å². The third-order valence-electron chi connectivity index (χ3n) is 23.4. The molecule has 1 saturated carbocycles. The van der Waals surface area contributed by atoms with Crippen LogP contribution in [0.15, 0.2) is 450 Å². The van der Waals surface area contributed by atoms with Crippen LogP contribution in [-0.4, -0.2) is 39.9 Å². The molecule has 0 spiro atoms. The Morgan fingerprint density at radius 3 is 0.790 bits per heavy atom. The van der Waals surface area contributed by atoms with Gasteiger partial charge in [0.25, 0.3) is 0 Å². The van der Waals surface area contributed by atoms with E-state index in [2.05, 4.69) is 228 Å². The number of rotatable bonds is 13. The van der Waals surface area contributed by atoms with E-state index < -0.39 is 0 Å². The zero-order valence-electron chi connectivity index (χ0n) is 76.7. The summed E-state index contributed by atoms with van der Waals surface area (Å²) in [6.07, 6.45) is 30.5. The zero-order chi connectivity index (χ0) is 91.0. The molecule has 0 bridgehead atoms. The van der Waals surface area contributed by atoms with Crippen molar-refractivity contribution in [3.63, 3.8) is 0 Å². The van der Waals surface area contributed by atoms with E-state index in [1.54, 1.807) is 18.6 Å². The van der Waals surface area contributed by atoms with Crippen molar-refractivity contribution < 1.29 is 80.4 Å². The van der Waals surface area contributed by atoms with Crippen LogP contribution < -0.4 is 0 Å². The number of nitrogens with zero attached hydrogens (tertiary/aromatic N) is 8. The Kier molecular flexibility index (Phi) is 42.1. The van der Waals surface area contributed by atoms with Crippen molar-refractivity contribution in [3.05, 3.63) is 532 Å². The molecule has 12 aromatic carbocycles. The molecule has 12 heteroatoms. The fourth-order valence-electron chi connectivity index (χ4n) is 16.3. The molecule has 8 heterocycles. The average molecular weight is 2500 g/mol. The first-order chi connectivity index (χ1) is 66.4. The second-order valence-corrected chi connectivity index (χ2v) is 32.6. The molecular formula is C126H102Ir4N8-8. The van der Waals surface area contributed by atoms with Gasteiger partial charge < -0.3 is 39.9 Å². The largest absolute Gasteiger partial charge is 0.305 e. The van der Waals surface area contributed by atoms with E-state index in [1.807, 2.05) is 299 Å². The molecule has 3 aliphatic rings. The molecule has 8 aromatic heterocycles. The topological polar surface area (TPSA) is 103 Å². The van der Waals surface area contributed by atoms with Crippen molar-refractivity contribution >= 4 is 0 Å². The Morgan fingerprint density at radius 2 is 0.471 bits per heavy atom. The monoisotopic (exact) mass is 2500 g/mol. The summed E-state index contributed by atoms with van der Waals surface area (Å²) in [7, 11) is 0. The molecule has 8 nitrogen and oxygen atoms in total. The third kappa shape index (κ3) is 31.0. The van der Waals surface area contributed by atoms with Gasteiger partial charge in [0.1, 0.15) is 0 Å². The summed E-state index contributed by atoms with van der Waals surface area (Å²) in [6, 6.07) is 160. The predicted octanol–water partition coefficient (Wildman–Crippen LogP) is 30.8. The Labute approximate surface area is 868 Å². The number of benzene rings is 12. The van der Waals surface area contributed by atoms with Crippen molar-refractivity contribution in [2.75, 3.05) is 0 Å². The summed E-state index contributed by atoms with van der Waals surface area (Å²) in [5.41, 5.74) is 34.8. The second kappa shape index (κ2) is 56.2. The summed E-state index contributed by atoms with van der Waals surface area (Å²) in [5.74, 6) is 0.764.